The van der Waals surface area contributed by atoms with Crippen LogP contribution in [0.1, 0.15) is 17.2 Å². The van der Waals surface area contributed by atoms with Crippen molar-refractivity contribution in [1.82, 2.24) is 15.0 Å². The molecular formula is C14H12N4. The van der Waals surface area contributed by atoms with Crippen molar-refractivity contribution in [2.24, 2.45) is 5.73 Å². The lowest BCUT2D eigenvalue weighted by Crippen LogP contribution is -2.12. The van der Waals surface area contributed by atoms with E-state index in [4.69, 9.17) is 5.73 Å². The second-order valence-corrected chi connectivity index (χ2v) is 4.07. The third kappa shape index (κ3) is 1.83. The SMILES string of the molecule is NC(c1cncnc1)c1cccc2ncccc12. The summed E-state index contributed by atoms with van der Waals surface area (Å²) in [5, 5.41) is 1.07. The molecule has 0 saturated carbocycles. The molecular weight excluding hydrogens is 224 g/mol. The first-order chi connectivity index (χ1) is 8.86. The lowest BCUT2D eigenvalue weighted by atomic mass is 9.98. The van der Waals surface area contributed by atoms with Crippen LogP contribution in [0, 0.1) is 0 Å². The highest BCUT2D eigenvalue weighted by atomic mass is 14.8. The summed E-state index contributed by atoms with van der Waals surface area (Å²) in [6.07, 6.45) is 6.77. The largest absolute Gasteiger partial charge is 0.320 e. The minimum Gasteiger partial charge on any atom is -0.320 e. The van der Waals surface area contributed by atoms with Crippen molar-refractivity contribution in [1.29, 1.82) is 0 Å². The van der Waals surface area contributed by atoms with E-state index in [0.717, 1.165) is 22.0 Å². The summed E-state index contributed by atoms with van der Waals surface area (Å²) < 4.78 is 0. The molecule has 1 atom stereocenters. The molecule has 0 amide bonds. The van der Waals surface area contributed by atoms with Crippen molar-refractivity contribution >= 4 is 10.9 Å². The van der Waals surface area contributed by atoms with Gasteiger partial charge >= 0.3 is 0 Å². The maximum atomic E-state index is 6.27. The quantitative estimate of drug-likeness (QED) is 0.739. The molecule has 0 saturated heterocycles. The van der Waals surface area contributed by atoms with Gasteiger partial charge in [-0.25, -0.2) is 9.97 Å². The molecule has 88 valence electrons. The van der Waals surface area contributed by atoms with E-state index in [9.17, 15) is 0 Å². The number of hydrogen-bond acceptors (Lipinski definition) is 4. The summed E-state index contributed by atoms with van der Waals surface area (Å²) in [4.78, 5) is 12.3. The zero-order valence-corrected chi connectivity index (χ0v) is 9.69. The fraction of sp³-hybridized carbons (Fsp3) is 0.0714. The Morgan fingerprint density at radius 3 is 2.67 bits per heavy atom. The van der Waals surface area contributed by atoms with E-state index in [1.165, 1.54) is 6.33 Å². The van der Waals surface area contributed by atoms with Gasteiger partial charge in [0.05, 0.1) is 11.6 Å². The van der Waals surface area contributed by atoms with Crippen molar-refractivity contribution < 1.29 is 0 Å². The van der Waals surface area contributed by atoms with Gasteiger partial charge in [0, 0.05) is 29.5 Å². The van der Waals surface area contributed by atoms with Gasteiger partial charge in [-0.05, 0) is 17.7 Å². The summed E-state index contributed by atoms with van der Waals surface area (Å²) in [6.45, 7) is 0. The number of rotatable bonds is 2. The monoisotopic (exact) mass is 236 g/mol. The van der Waals surface area contributed by atoms with Crippen LogP contribution in [0.2, 0.25) is 0 Å². The molecule has 2 heterocycles. The molecule has 18 heavy (non-hydrogen) atoms. The number of benzene rings is 1. The number of nitrogens with zero attached hydrogens (tertiary/aromatic N) is 3. The van der Waals surface area contributed by atoms with Crippen LogP contribution < -0.4 is 5.73 Å². The van der Waals surface area contributed by atoms with Gasteiger partial charge in [-0.3, -0.25) is 4.98 Å². The maximum Gasteiger partial charge on any atom is 0.115 e. The second kappa shape index (κ2) is 4.50. The standard InChI is InChI=1S/C14H12N4/c15-14(10-7-16-9-17-8-10)12-3-1-5-13-11(12)4-2-6-18-13/h1-9,14H,15H2. The average molecular weight is 236 g/mol. The molecule has 0 aliphatic heterocycles. The van der Waals surface area contributed by atoms with E-state index in [2.05, 4.69) is 15.0 Å². The normalized spacial score (nSPS) is 12.5. The van der Waals surface area contributed by atoms with Gasteiger partial charge in [0.2, 0.25) is 0 Å². The Bertz CT molecular complexity index is 661. The number of hydrogen-bond donors (Lipinski definition) is 1. The number of pyridine rings is 1. The summed E-state index contributed by atoms with van der Waals surface area (Å²) in [7, 11) is 0. The zero-order chi connectivity index (χ0) is 12.4. The Balaban J connectivity index is 2.15. The first-order valence-corrected chi connectivity index (χ1v) is 5.70. The van der Waals surface area contributed by atoms with Crippen LogP contribution >= 0.6 is 0 Å². The van der Waals surface area contributed by atoms with Crippen LogP contribution in [0.3, 0.4) is 0 Å². The Morgan fingerprint density at radius 2 is 1.83 bits per heavy atom. The minimum atomic E-state index is -0.237. The molecule has 1 unspecified atom stereocenters. The van der Waals surface area contributed by atoms with Crippen molar-refractivity contribution in [3.63, 3.8) is 0 Å². The van der Waals surface area contributed by atoms with Crippen molar-refractivity contribution in [2.75, 3.05) is 0 Å². The lowest BCUT2D eigenvalue weighted by molar-refractivity contribution is 0.858. The van der Waals surface area contributed by atoms with Crippen LogP contribution in [0.4, 0.5) is 0 Å². The van der Waals surface area contributed by atoms with Crippen molar-refractivity contribution in [2.45, 2.75) is 6.04 Å². The van der Waals surface area contributed by atoms with Gasteiger partial charge in [0.1, 0.15) is 6.33 Å². The van der Waals surface area contributed by atoms with Crippen molar-refractivity contribution in [3.8, 4) is 0 Å². The molecule has 1 aromatic carbocycles. The summed E-state index contributed by atoms with van der Waals surface area (Å²) in [5.41, 5.74) is 9.16. The third-order valence-electron chi connectivity index (χ3n) is 2.95. The molecule has 4 nitrogen and oxygen atoms in total. The Hall–Kier alpha value is -2.33. The van der Waals surface area contributed by atoms with E-state index in [0.29, 0.717) is 0 Å². The van der Waals surface area contributed by atoms with Gasteiger partial charge in [-0.2, -0.15) is 0 Å². The third-order valence-corrected chi connectivity index (χ3v) is 2.95. The lowest BCUT2D eigenvalue weighted by Gasteiger charge is -2.13. The molecule has 0 spiro atoms. The number of fused-ring (bicyclic) bond motifs is 1. The van der Waals surface area contributed by atoms with Crippen LogP contribution in [-0.4, -0.2) is 15.0 Å². The first kappa shape index (κ1) is 10.8. The van der Waals surface area contributed by atoms with Gasteiger partial charge in [-0.15, -0.1) is 0 Å². The fourth-order valence-corrected chi connectivity index (χ4v) is 2.05. The van der Waals surface area contributed by atoms with Crippen LogP contribution in [0.15, 0.2) is 55.2 Å². The van der Waals surface area contributed by atoms with Crippen LogP contribution in [0.25, 0.3) is 10.9 Å². The molecule has 0 aliphatic rings. The van der Waals surface area contributed by atoms with Gasteiger partial charge in [-0.1, -0.05) is 18.2 Å². The molecule has 0 radical (unpaired) electrons. The summed E-state index contributed by atoms with van der Waals surface area (Å²) in [6, 6.07) is 9.67. The Labute approximate surface area is 105 Å². The summed E-state index contributed by atoms with van der Waals surface area (Å²) in [5.74, 6) is 0. The topological polar surface area (TPSA) is 64.7 Å². The van der Waals surface area contributed by atoms with E-state index >= 15 is 0 Å². The molecule has 2 aromatic heterocycles. The zero-order valence-electron chi connectivity index (χ0n) is 9.69. The van der Waals surface area contributed by atoms with Crippen LogP contribution in [-0.2, 0) is 0 Å². The molecule has 2 N–H and O–H groups in total. The molecule has 0 bridgehead atoms. The van der Waals surface area contributed by atoms with Gasteiger partial charge in [0.15, 0.2) is 0 Å². The number of nitrogens with two attached hydrogens (primary N) is 1. The smallest absolute Gasteiger partial charge is 0.115 e. The fourth-order valence-electron chi connectivity index (χ4n) is 2.05. The van der Waals surface area contributed by atoms with Crippen LogP contribution in [0.5, 0.6) is 0 Å². The highest BCUT2D eigenvalue weighted by Gasteiger charge is 2.12. The molecule has 0 fully saturated rings. The Kier molecular flexibility index (Phi) is 2.70. The predicted octanol–water partition coefficient (Wildman–Crippen LogP) is 2.07. The van der Waals surface area contributed by atoms with E-state index in [1.54, 1.807) is 18.6 Å². The molecule has 4 heteroatoms. The highest BCUT2D eigenvalue weighted by molar-refractivity contribution is 5.82. The highest BCUT2D eigenvalue weighted by Crippen LogP contribution is 2.25. The molecule has 3 aromatic rings. The van der Waals surface area contributed by atoms with Gasteiger partial charge in [0.25, 0.3) is 0 Å². The van der Waals surface area contributed by atoms with E-state index in [-0.39, 0.29) is 6.04 Å². The predicted molar refractivity (Wildman–Crippen MR) is 69.8 cm³/mol. The molecule has 3 rings (SSSR count). The molecule has 0 aliphatic carbocycles. The van der Waals surface area contributed by atoms with E-state index < -0.39 is 0 Å². The minimum absolute atomic E-state index is 0.237. The van der Waals surface area contributed by atoms with Gasteiger partial charge < -0.3 is 5.73 Å². The second-order valence-electron chi connectivity index (χ2n) is 4.07. The van der Waals surface area contributed by atoms with E-state index in [1.807, 2.05) is 30.3 Å². The first-order valence-electron chi connectivity index (χ1n) is 5.70. The summed E-state index contributed by atoms with van der Waals surface area (Å²) >= 11 is 0. The van der Waals surface area contributed by atoms with Crippen molar-refractivity contribution in [3.05, 3.63) is 66.4 Å². The average Bonchev–Trinajstić information content (AvgIpc) is 2.47. The number of aromatic nitrogens is 3. The Morgan fingerprint density at radius 1 is 1.00 bits per heavy atom. The maximum absolute atomic E-state index is 6.27.